The van der Waals surface area contributed by atoms with E-state index in [2.05, 4.69) is 4.98 Å². The molecule has 1 heterocycles. The van der Waals surface area contributed by atoms with E-state index in [0.29, 0.717) is 35.3 Å². The first kappa shape index (κ1) is 12.9. The van der Waals surface area contributed by atoms with Gasteiger partial charge in [-0.15, -0.1) is 0 Å². The van der Waals surface area contributed by atoms with Crippen molar-refractivity contribution in [3.05, 3.63) is 44.1 Å². The minimum Gasteiger partial charge on any atom is -0.396 e. The lowest BCUT2D eigenvalue weighted by molar-refractivity contribution is 0.281. The van der Waals surface area contributed by atoms with E-state index in [1.165, 1.54) is 4.57 Å². The summed E-state index contributed by atoms with van der Waals surface area (Å²) in [6, 6.07) is 4.81. The minimum atomic E-state index is -0.451. The van der Waals surface area contributed by atoms with Crippen LogP contribution in [-0.4, -0.2) is 21.3 Å². The van der Waals surface area contributed by atoms with Crippen LogP contribution in [0.4, 0.5) is 0 Å². The highest BCUT2D eigenvalue weighted by atomic mass is 35.5. The molecule has 6 heteroatoms. The van der Waals surface area contributed by atoms with Crippen LogP contribution in [0.1, 0.15) is 12.8 Å². The molecule has 1 aromatic heterocycles. The van der Waals surface area contributed by atoms with Crippen molar-refractivity contribution in [2.24, 2.45) is 0 Å². The molecule has 0 aliphatic rings. The van der Waals surface area contributed by atoms with Crippen molar-refractivity contribution in [2.45, 2.75) is 19.4 Å². The van der Waals surface area contributed by atoms with Crippen molar-refractivity contribution in [3.8, 4) is 0 Å². The molecule has 0 amide bonds. The fraction of sp³-hybridized carbons (Fsp3) is 0.333. The molecule has 0 atom stereocenters. The number of aromatic amines is 1. The van der Waals surface area contributed by atoms with Gasteiger partial charge in [0.15, 0.2) is 0 Å². The van der Waals surface area contributed by atoms with Crippen LogP contribution < -0.4 is 11.2 Å². The lowest BCUT2D eigenvalue weighted by Gasteiger charge is -2.09. The molecule has 0 saturated carbocycles. The van der Waals surface area contributed by atoms with Crippen LogP contribution in [0.25, 0.3) is 10.9 Å². The van der Waals surface area contributed by atoms with Crippen molar-refractivity contribution >= 4 is 22.5 Å². The molecule has 2 aromatic rings. The molecule has 0 fully saturated rings. The van der Waals surface area contributed by atoms with E-state index < -0.39 is 11.2 Å². The summed E-state index contributed by atoms with van der Waals surface area (Å²) in [4.78, 5) is 25.7. The highest BCUT2D eigenvalue weighted by molar-refractivity contribution is 6.31. The van der Waals surface area contributed by atoms with E-state index in [4.69, 9.17) is 16.7 Å². The Balaban J connectivity index is 2.59. The summed E-state index contributed by atoms with van der Waals surface area (Å²) in [6.45, 7) is 0.518. The molecular weight excluding hydrogens is 256 g/mol. The molecular formula is C12H13ClN2O3. The lowest BCUT2D eigenvalue weighted by Crippen LogP contribution is -2.30. The number of benzene rings is 1. The Kier molecular flexibility index (Phi) is 3.84. The molecule has 18 heavy (non-hydrogen) atoms. The van der Waals surface area contributed by atoms with Crippen LogP contribution in [0.5, 0.6) is 0 Å². The molecule has 0 spiro atoms. The Hall–Kier alpha value is -1.59. The minimum absolute atomic E-state index is 0.0802. The number of hydrogen-bond acceptors (Lipinski definition) is 3. The molecule has 1 aromatic carbocycles. The van der Waals surface area contributed by atoms with Gasteiger partial charge in [0.25, 0.3) is 5.56 Å². The second-order valence-electron chi connectivity index (χ2n) is 4.00. The van der Waals surface area contributed by atoms with E-state index in [0.717, 1.165) is 0 Å². The predicted molar refractivity (Wildman–Crippen MR) is 70.2 cm³/mol. The second-order valence-corrected chi connectivity index (χ2v) is 4.44. The van der Waals surface area contributed by atoms with Crippen LogP contribution in [-0.2, 0) is 6.54 Å². The van der Waals surface area contributed by atoms with Crippen molar-refractivity contribution in [2.75, 3.05) is 6.61 Å². The maximum atomic E-state index is 11.8. The maximum Gasteiger partial charge on any atom is 0.328 e. The van der Waals surface area contributed by atoms with E-state index >= 15 is 0 Å². The van der Waals surface area contributed by atoms with Crippen molar-refractivity contribution in [1.29, 1.82) is 0 Å². The molecule has 0 aliphatic heterocycles. The zero-order valence-corrected chi connectivity index (χ0v) is 10.4. The number of aliphatic hydroxyl groups excluding tert-OH is 1. The van der Waals surface area contributed by atoms with Gasteiger partial charge in [-0.25, -0.2) is 4.79 Å². The first-order valence-corrected chi connectivity index (χ1v) is 6.04. The van der Waals surface area contributed by atoms with Gasteiger partial charge < -0.3 is 5.11 Å². The van der Waals surface area contributed by atoms with E-state index in [-0.39, 0.29) is 6.61 Å². The summed E-state index contributed by atoms with van der Waals surface area (Å²) in [6.07, 6.45) is 1.26. The van der Waals surface area contributed by atoms with Crippen LogP contribution in [0.2, 0.25) is 5.02 Å². The highest BCUT2D eigenvalue weighted by Gasteiger charge is 2.07. The number of fused-ring (bicyclic) bond motifs is 1. The third-order valence-corrected chi connectivity index (χ3v) is 2.99. The summed E-state index contributed by atoms with van der Waals surface area (Å²) in [5, 5.41) is 9.66. The van der Waals surface area contributed by atoms with Gasteiger partial charge >= 0.3 is 5.69 Å². The fourth-order valence-corrected chi connectivity index (χ4v) is 2.03. The van der Waals surface area contributed by atoms with Crippen molar-refractivity contribution in [3.63, 3.8) is 0 Å². The van der Waals surface area contributed by atoms with Crippen LogP contribution in [0.3, 0.4) is 0 Å². The summed E-state index contributed by atoms with van der Waals surface area (Å²) in [7, 11) is 0. The Labute approximate surface area is 108 Å². The second kappa shape index (κ2) is 5.37. The first-order chi connectivity index (χ1) is 8.63. The van der Waals surface area contributed by atoms with Gasteiger partial charge in [0, 0.05) is 18.2 Å². The SMILES string of the molecule is O=c1[nH]c(=O)n(CCCCO)c2cc(Cl)ccc12. The zero-order chi connectivity index (χ0) is 13.1. The quantitative estimate of drug-likeness (QED) is 0.816. The number of hydrogen-bond donors (Lipinski definition) is 2. The normalized spacial score (nSPS) is 11.0. The standard InChI is InChI=1S/C12H13ClN2O3/c13-8-3-4-9-10(7-8)15(5-1-2-6-16)12(18)14-11(9)17/h3-4,7,16H,1-2,5-6H2,(H,14,17,18). The number of H-pyrrole nitrogens is 1. The number of nitrogens with zero attached hydrogens (tertiary/aromatic N) is 1. The molecule has 96 valence electrons. The lowest BCUT2D eigenvalue weighted by atomic mass is 10.2. The monoisotopic (exact) mass is 268 g/mol. The topological polar surface area (TPSA) is 75.1 Å². The number of aryl methyl sites for hydroxylation is 1. The van der Waals surface area contributed by atoms with Gasteiger partial charge in [0.05, 0.1) is 10.9 Å². The Morgan fingerprint density at radius 3 is 2.78 bits per heavy atom. The van der Waals surface area contributed by atoms with Crippen molar-refractivity contribution < 1.29 is 5.11 Å². The molecule has 2 N–H and O–H groups in total. The molecule has 2 rings (SSSR count). The predicted octanol–water partition coefficient (Wildman–Crippen LogP) is 1.12. The van der Waals surface area contributed by atoms with Gasteiger partial charge in [0.1, 0.15) is 0 Å². The smallest absolute Gasteiger partial charge is 0.328 e. The molecule has 0 saturated heterocycles. The first-order valence-electron chi connectivity index (χ1n) is 5.66. The van der Waals surface area contributed by atoms with Crippen molar-refractivity contribution in [1.82, 2.24) is 9.55 Å². The number of aliphatic hydroxyl groups is 1. The Morgan fingerprint density at radius 2 is 2.06 bits per heavy atom. The third-order valence-electron chi connectivity index (χ3n) is 2.75. The largest absolute Gasteiger partial charge is 0.396 e. The number of rotatable bonds is 4. The molecule has 0 radical (unpaired) electrons. The Bertz CT molecular complexity index is 675. The molecule has 0 unspecified atom stereocenters. The van der Waals surface area contributed by atoms with E-state index in [9.17, 15) is 9.59 Å². The summed E-state index contributed by atoms with van der Waals surface area (Å²) in [5.41, 5.74) is -0.341. The number of aromatic nitrogens is 2. The average molecular weight is 269 g/mol. The van der Waals surface area contributed by atoms with Crippen LogP contribution >= 0.6 is 11.6 Å². The zero-order valence-electron chi connectivity index (χ0n) is 9.65. The third kappa shape index (κ3) is 2.47. The van der Waals surface area contributed by atoms with Gasteiger partial charge in [-0.05, 0) is 31.0 Å². The fourth-order valence-electron chi connectivity index (χ4n) is 1.87. The number of unbranched alkanes of at least 4 members (excludes halogenated alkanes) is 1. The number of nitrogens with one attached hydrogen (secondary N) is 1. The van der Waals surface area contributed by atoms with Gasteiger partial charge in [-0.1, -0.05) is 11.6 Å². The van der Waals surface area contributed by atoms with Gasteiger partial charge in [0.2, 0.25) is 0 Å². The molecule has 0 bridgehead atoms. The average Bonchev–Trinajstić information content (AvgIpc) is 2.33. The van der Waals surface area contributed by atoms with Crippen LogP contribution in [0, 0.1) is 0 Å². The highest BCUT2D eigenvalue weighted by Crippen LogP contribution is 2.15. The van der Waals surface area contributed by atoms with E-state index in [1.807, 2.05) is 0 Å². The Morgan fingerprint density at radius 1 is 1.28 bits per heavy atom. The summed E-state index contributed by atoms with van der Waals surface area (Å²) in [5.74, 6) is 0. The van der Waals surface area contributed by atoms with Gasteiger partial charge in [-0.2, -0.15) is 0 Å². The molecule has 0 aliphatic carbocycles. The summed E-state index contributed by atoms with van der Waals surface area (Å²) < 4.78 is 1.47. The number of halogens is 1. The van der Waals surface area contributed by atoms with Crippen LogP contribution in [0.15, 0.2) is 27.8 Å². The molecule has 5 nitrogen and oxygen atoms in total. The van der Waals surface area contributed by atoms with E-state index in [1.54, 1.807) is 18.2 Å². The maximum absolute atomic E-state index is 11.8. The summed E-state index contributed by atoms with van der Waals surface area (Å²) >= 11 is 5.89. The van der Waals surface area contributed by atoms with Gasteiger partial charge in [-0.3, -0.25) is 14.3 Å².